The molecule has 13 heavy (non-hydrogen) atoms. The largest absolute Gasteiger partial charge is 0.299 e. The van der Waals surface area contributed by atoms with E-state index in [4.69, 9.17) is 0 Å². The summed E-state index contributed by atoms with van der Waals surface area (Å²) < 4.78 is 0. The fraction of sp³-hybridized carbons (Fsp3) is 0.750. The Kier molecular flexibility index (Phi) is 1.61. The number of hydrogen-bond donors (Lipinski definition) is 0. The molecule has 2 fully saturated rings. The van der Waals surface area contributed by atoms with Crippen LogP contribution in [0.5, 0.6) is 0 Å². The molecule has 0 saturated heterocycles. The minimum atomic E-state index is 0.420. The zero-order valence-electron chi connectivity index (χ0n) is 7.91. The summed E-state index contributed by atoms with van der Waals surface area (Å²) in [6.45, 7) is 0. The third-order valence-electron chi connectivity index (χ3n) is 4.22. The minimum absolute atomic E-state index is 0.420. The highest BCUT2D eigenvalue weighted by Gasteiger charge is 2.43. The van der Waals surface area contributed by atoms with Gasteiger partial charge in [-0.1, -0.05) is 12.2 Å². The lowest BCUT2D eigenvalue weighted by Gasteiger charge is -2.20. The standard InChI is InChI=1S/C12H16O/c13-11-6-5-9-3-1-8-2-4-10(7-8)12(9)11/h2,4,8-10,12H,1,3,5-7H2/t8-,9?,10-,12+/m0/s1. The van der Waals surface area contributed by atoms with Crippen LogP contribution in [0.25, 0.3) is 0 Å². The Bertz CT molecular complexity index is 266. The maximum atomic E-state index is 11.7. The topological polar surface area (TPSA) is 17.1 Å². The second-order valence-electron chi connectivity index (χ2n) is 4.91. The van der Waals surface area contributed by atoms with Crippen LogP contribution in [0, 0.1) is 23.7 Å². The van der Waals surface area contributed by atoms with Gasteiger partial charge < -0.3 is 0 Å². The van der Waals surface area contributed by atoms with Crippen molar-refractivity contribution in [1.82, 2.24) is 0 Å². The summed E-state index contributed by atoms with van der Waals surface area (Å²) in [6.07, 6.45) is 10.6. The van der Waals surface area contributed by atoms with Crippen LogP contribution in [0.4, 0.5) is 0 Å². The zero-order chi connectivity index (χ0) is 8.84. The van der Waals surface area contributed by atoms with Crippen molar-refractivity contribution in [3.63, 3.8) is 0 Å². The Labute approximate surface area is 79.2 Å². The summed E-state index contributed by atoms with van der Waals surface area (Å²) >= 11 is 0. The van der Waals surface area contributed by atoms with E-state index >= 15 is 0 Å². The Morgan fingerprint density at radius 3 is 3.00 bits per heavy atom. The third-order valence-corrected chi connectivity index (χ3v) is 4.22. The van der Waals surface area contributed by atoms with Gasteiger partial charge in [0.2, 0.25) is 0 Å². The molecule has 3 aliphatic carbocycles. The van der Waals surface area contributed by atoms with Gasteiger partial charge in [0.1, 0.15) is 5.78 Å². The summed E-state index contributed by atoms with van der Waals surface area (Å²) in [5.41, 5.74) is 0. The molecule has 1 unspecified atom stereocenters. The highest BCUT2D eigenvalue weighted by atomic mass is 16.1. The summed E-state index contributed by atoms with van der Waals surface area (Å²) in [5, 5.41) is 0. The lowest BCUT2D eigenvalue weighted by Crippen LogP contribution is -2.21. The molecule has 0 amide bonds. The molecular weight excluding hydrogens is 160 g/mol. The molecule has 0 aliphatic heterocycles. The average Bonchev–Trinajstić information content (AvgIpc) is 2.60. The van der Waals surface area contributed by atoms with Crippen LogP contribution >= 0.6 is 0 Å². The summed E-state index contributed by atoms with van der Waals surface area (Å²) in [5.74, 6) is 3.15. The van der Waals surface area contributed by atoms with Crippen molar-refractivity contribution < 1.29 is 4.79 Å². The van der Waals surface area contributed by atoms with Gasteiger partial charge in [-0.2, -0.15) is 0 Å². The van der Waals surface area contributed by atoms with Crippen LogP contribution in [0.2, 0.25) is 0 Å². The van der Waals surface area contributed by atoms with E-state index in [2.05, 4.69) is 12.2 Å². The van der Waals surface area contributed by atoms with Gasteiger partial charge in [0.25, 0.3) is 0 Å². The maximum Gasteiger partial charge on any atom is 0.136 e. The van der Waals surface area contributed by atoms with Gasteiger partial charge in [-0.05, 0) is 43.4 Å². The van der Waals surface area contributed by atoms with Crippen molar-refractivity contribution in [2.45, 2.75) is 32.1 Å². The monoisotopic (exact) mass is 176 g/mol. The molecule has 0 aromatic carbocycles. The van der Waals surface area contributed by atoms with Crippen molar-refractivity contribution >= 4 is 5.78 Å². The van der Waals surface area contributed by atoms with Crippen molar-refractivity contribution in [3.05, 3.63) is 12.2 Å². The van der Waals surface area contributed by atoms with Gasteiger partial charge in [0, 0.05) is 12.3 Å². The number of carbonyl (C=O) groups excluding carboxylic acids is 1. The lowest BCUT2D eigenvalue weighted by atomic mass is 9.83. The van der Waals surface area contributed by atoms with Crippen molar-refractivity contribution in [2.24, 2.45) is 23.7 Å². The van der Waals surface area contributed by atoms with E-state index in [0.29, 0.717) is 17.6 Å². The first kappa shape index (κ1) is 7.78. The van der Waals surface area contributed by atoms with Gasteiger partial charge in [-0.15, -0.1) is 0 Å². The van der Waals surface area contributed by atoms with Crippen LogP contribution in [0.15, 0.2) is 12.2 Å². The van der Waals surface area contributed by atoms with Gasteiger partial charge in [0.05, 0.1) is 0 Å². The van der Waals surface area contributed by atoms with Crippen molar-refractivity contribution in [3.8, 4) is 0 Å². The maximum absolute atomic E-state index is 11.7. The van der Waals surface area contributed by atoms with Crippen molar-refractivity contribution in [2.75, 3.05) is 0 Å². The molecule has 1 nitrogen and oxygen atoms in total. The molecule has 0 N–H and O–H groups in total. The molecule has 0 heterocycles. The van der Waals surface area contributed by atoms with Crippen LogP contribution in [0.1, 0.15) is 32.1 Å². The third kappa shape index (κ3) is 1.09. The van der Waals surface area contributed by atoms with Gasteiger partial charge in [-0.25, -0.2) is 0 Å². The fourth-order valence-corrected chi connectivity index (χ4v) is 3.56. The number of rotatable bonds is 0. The number of Topliss-reactive ketones (excluding diaryl/α,β-unsaturated/α-hetero) is 1. The molecule has 0 spiro atoms. The predicted molar refractivity (Wildman–Crippen MR) is 51.2 cm³/mol. The average molecular weight is 176 g/mol. The van der Waals surface area contributed by atoms with Gasteiger partial charge in [0.15, 0.2) is 0 Å². The Morgan fingerprint density at radius 1 is 1.15 bits per heavy atom. The Morgan fingerprint density at radius 2 is 2.08 bits per heavy atom. The Hall–Kier alpha value is -0.590. The Balaban J connectivity index is 1.93. The number of hydrogen-bond acceptors (Lipinski definition) is 1. The number of carbonyl (C=O) groups is 1. The number of fused-ring (bicyclic) bond motifs is 4. The van der Waals surface area contributed by atoms with E-state index in [0.717, 1.165) is 18.3 Å². The molecule has 3 aliphatic rings. The van der Waals surface area contributed by atoms with E-state index in [1.165, 1.54) is 25.7 Å². The van der Waals surface area contributed by atoms with E-state index in [-0.39, 0.29) is 0 Å². The molecular formula is C12H16O. The quantitative estimate of drug-likeness (QED) is 0.518. The zero-order valence-corrected chi connectivity index (χ0v) is 7.91. The van der Waals surface area contributed by atoms with Gasteiger partial charge >= 0.3 is 0 Å². The summed E-state index contributed by atoms with van der Waals surface area (Å²) in [7, 11) is 0. The number of allylic oxidation sites excluding steroid dienone is 2. The highest BCUT2D eigenvalue weighted by Crippen LogP contribution is 2.47. The first-order valence-electron chi connectivity index (χ1n) is 5.55. The van der Waals surface area contributed by atoms with E-state index in [9.17, 15) is 4.79 Å². The smallest absolute Gasteiger partial charge is 0.136 e. The van der Waals surface area contributed by atoms with Crippen LogP contribution in [-0.2, 0) is 4.79 Å². The highest BCUT2D eigenvalue weighted by molar-refractivity contribution is 5.84. The molecule has 0 aromatic rings. The molecule has 2 saturated carbocycles. The molecule has 0 radical (unpaired) electrons. The first-order chi connectivity index (χ1) is 6.34. The molecule has 2 bridgehead atoms. The van der Waals surface area contributed by atoms with E-state index in [1.54, 1.807) is 0 Å². The second-order valence-corrected chi connectivity index (χ2v) is 4.91. The van der Waals surface area contributed by atoms with Crippen LogP contribution in [0.3, 0.4) is 0 Å². The van der Waals surface area contributed by atoms with Crippen molar-refractivity contribution in [1.29, 1.82) is 0 Å². The summed E-state index contributed by atoms with van der Waals surface area (Å²) in [6, 6.07) is 0. The van der Waals surface area contributed by atoms with Crippen LogP contribution < -0.4 is 0 Å². The fourth-order valence-electron chi connectivity index (χ4n) is 3.56. The first-order valence-corrected chi connectivity index (χ1v) is 5.55. The van der Waals surface area contributed by atoms with E-state index in [1.807, 2.05) is 0 Å². The predicted octanol–water partition coefficient (Wildman–Crippen LogP) is 2.57. The summed E-state index contributed by atoms with van der Waals surface area (Å²) in [4.78, 5) is 11.7. The normalized spacial score (nSPS) is 47.8. The molecule has 0 aromatic heterocycles. The second kappa shape index (κ2) is 2.70. The SMILES string of the molecule is O=C1CCC2CC[C@H]3C=C[C@@H](C3)[C@H]12. The molecule has 4 atom stereocenters. The number of ketones is 1. The van der Waals surface area contributed by atoms with Gasteiger partial charge in [-0.3, -0.25) is 4.79 Å². The van der Waals surface area contributed by atoms with Crippen LogP contribution in [-0.4, -0.2) is 5.78 Å². The molecule has 70 valence electrons. The molecule has 3 rings (SSSR count). The minimum Gasteiger partial charge on any atom is -0.299 e. The van der Waals surface area contributed by atoms with E-state index < -0.39 is 0 Å². The molecule has 1 heteroatoms. The lowest BCUT2D eigenvalue weighted by molar-refractivity contribution is -0.122.